The molecule has 0 heterocycles. The molecule has 8 spiro atoms. The summed E-state index contributed by atoms with van der Waals surface area (Å²) < 4.78 is 0. The van der Waals surface area contributed by atoms with E-state index in [1.165, 1.54) is 82.9 Å². The minimum Gasteiger partial charge on any atom is -0.0461 e. The molecule has 0 aromatic heterocycles. The lowest BCUT2D eigenvalue weighted by molar-refractivity contribution is -0.896. The first-order chi connectivity index (χ1) is 12.9. The van der Waals surface area contributed by atoms with Gasteiger partial charge in [-0.3, -0.25) is 0 Å². The molecule has 16 aliphatic rings. The Hall–Kier alpha value is 0. The molecule has 22 unspecified atom stereocenters. The van der Waals surface area contributed by atoms with Crippen LogP contribution in [0.1, 0.15) is 25.7 Å². The smallest absolute Gasteiger partial charge is 0.00593 e. The second-order valence-electron chi connectivity index (χ2n) is 15.8. The Morgan fingerprint density at radius 2 is 1.23 bits per heavy atom. The van der Waals surface area contributed by atoms with Crippen molar-refractivity contribution in [3.8, 4) is 0 Å². The van der Waals surface area contributed by atoms with Gasteiger partial charge >= 0.3 is 0 Å². The van der Waals surface area contributed by atoms with Crippen LogP contribution in [-0.4, -0.2) is 0 Å². The normalized spacial score (nSPS) is 121. The average Bonchev–Trinajstić information content (AvgIpc) is 2.88. The summed E-state index contributed by atoms with van der Waals surface area (Å²) in [4.78, 5) is 0. The summed E-state index contributed by atoms with van der Waals surface area (Å²) in [7, 11) is 0. The van der Waals surface area contributed by atoms with Crippen molar-refractivity contribution in [1.29, 1.82) is 0 Å². The Labute approximate surface area is 152 Å². The van der Waals surface area contributed by atoms with Crippen LogP contribution in [0.5, 0.6) is 0 Å². The Morgan fingerprint density at radius 3 is 2.19 bits per heavy atom. The molecule has 0 aliphatic heterocycles. The molecule has 22 atom stereocenters. The van der Waals surface area contributed by atoms with Crippen molar-refractivity contribution in [2.75, 3.05) is 0 Å². The largest absolute Gasteiger partial charge is 0.0461 e. The van der Waals surface area contributed by atoms with Crippen LogP contribution in [0, 0.1) is 126 Å². The third kappa shape index (κ3) is 0.262. The van der Waals surface area contributed by atoms with Crippen LogP contribution < -0.4 is 0 Å². The molecule has 16 fully saturated rings. The lowest BCUT2D eigenvalue weighted by atomic mass is 8.68. The molecule has 0 aromatic rings. The van der Waals surface area contributed by atoms with Gasteiger partial charge in [0.2, 0.25) is 0 Å². The van der Waals surface area contributed by atoms with E-state index in [4.69, 9.17) is 0 Å². The topological polar surface area (TPSA) is 0 Å². The number of rotatable bonds is 0. The van der Waals surface area contributed by atoms with Crippen LogP contribution in [0.15, 0.2) is 0 Å². The third-order valence-electron chi connectivity index (χ3n) is 20.0. The van der Waals surface area contributed by atoms with E-state index in [1.807, 2.05) is 0 Å². The molecule has 0 amide bonds. The van der Waals surface area contributed by atoms with Crippen molar-refractivity contribution in [3.05, 3.63) is 0 Å². The molecule has 0 bridgehead atoms. The molecule has 0 N–H and O–H groups in total. The lowest BCUT2D eigenvalue weighted by Gasteiger charge is -3.35. The molecular weight excluding hydrogens is 312 g/mol. The van der Waals surface area contributed by atoms with Crippen LogP contribution in [0.3, 0.4) is 0 Å². The maximum Gasteiger partial charge on any atom is -0.00593 e. The molecule has 0 nitrogen and oxygen atoms in total. The predicted molar refractivity (Wildman–Crippen MR) is 86.8 cm³/mol. The van der Waals surface area contributed by atoms with E-state index >= 15 is 0 Å². The summed E-state index contributed by atoms with van der Waals surface area (Å²) in [6.07, 6.45) is 7.10. The molecular formula is C26H22. The fourth-order valence-electron chi connectivity index (χ4n) is 23.7. The summed E-state index contributed by atoms with van der Waals surface area (Å²) in [5.74, 6) is 18.8. The van der Waals surface area contributed by atoms with Gasteiger partial charge in [-0.05, 0) is 152 Å². The molecule has 16 aliphatic carbocycles. The summed E-state index contributed by atoms with van der Waals surface area (Å²) in [6.45, 7) is 0. The molecule has 26 heavy (non-hydrogen) atoms. The fraction of sp³-hybridized carbons (Fsp3) is 1.00. The van der Waals surface area contributed by atoms with Gasteiger partial charge in [0, 0.05) is 0 Å². The summed E-state index contributed by atoms with van der Waals surface area (Å²) in [5, 5.41) is 0. The standard InChI is InChI=1S/C26H22/c1-5-6-2-10-14-16-15-12-4-8-7-3-11-13-9(1)20-17(5)19(6,10)25(14,20)24(16)18(20)23(13)21(7,11)22(8,12)26(15,23)24/h5-18H,1-4H2. The highest BCUT2D eigenvalue weighted by molar-refractivity contribution is 5.84. The van der Waals surface area contributed by atoms with Gasteiger partial charge in [-0.2, -0.15) is 0 Å². The molecule has 16 saturated carbocycles. The van der Waals surface area contributed by atoms with Crippen molar-refractivity contribution < 1.29 is 0 Å². The zero-order valence-electron chi connectivity index (χ0n) is 14.9. The highest BCUT2D eigenvalue weighted by Gasteiger charge is 3.39. The van der Waals surface area contributed by atoms with Gasteiger partial charge in [-0.1, -0.05) is 0 Å². The van der Waals surface area contributed by atoms with Crippen LogP contribution >= 0.6 is 0 Å². The zero-order chi connectivity index (χ0) is 14.9. The molecule has 0 aromatic carbocycles. The monoisotopic (exact) mass is 334 g/mol. The molecule has 0 radical (unpaired) electrons. The van der Waals surface area contributed by atoms with Crippen molar-refractivity contribution in [2.45, 2.75) is 25.7 Å². The van der Waals surface area contributed by atoms with E-state index in [0.717, 1.165) is 43.3 Å². The van der Waals surface area contributed by atoms with Gasteiger partial charge in [-0.15, -0.1) is 0 Å². The number of fused-ring (bicyclic) bond motifs is 8. The van der Waals surface area contributed by atoms with Gasteiger partial charge in [0.15, 0.2) is 0 Å². The van der Waals surface area contributed by atoms with Crippen LogP contribution in [-0.2, 0) is 0 Å². The minimum atomic E-state index is 1.07. The van der Waals surface area contributed by atoms with Gasteiger partial charge in [0.1, 0.15) is 0 Å². The van der Waals surface area contributed by atoms with Crippen molar-refractivity contribution in [1.82, 2.24) is 0 Å². The minimum absolute atomic E-state index is 1.07. The second-order valence-corrected chi connectivity index (χ2v) is 15.8. The molecule has 126 valence electrons. The number of hydrogen-bond donors (Lipinski definition) is 0. The lowest BCUT2D eigenvalue weighted by Crippen LogP contribution is -3.33. The Morgan fingerprint density at radius 1 is 0.462 bits per heavy atom. The summed E-state index contributed by atoms with van der Waals surface area (Å²) in [6, 6.07) is 0. The Bertz CT molecular complexity index is 1230. The summed E-state index contributed by atoms with van der Waals surface area (Å²) in [5.41, 5.74) is 8.75. The van der Waals surface area contributed by atoms with E-state index in [-0.39, 0.29) is 0 Å². The Kier molecular flexibility index (Phi) is 0.606. The van der Waals surface area contributed by atoms with E-state index in [0.29, 0.717) is 0 Å². The predicted octanol–water partition coefficient (Wildman–Crippen LogP) is 3.28. The van der Waals surface area contributed by atoms with Crippen LogP contribution in [0.2, 0.25) is 0 Å². The Balaban J connectivity index is 1.21. The maximum absolute atomic E-state index is 1.81. The first kappa shape index (κ1) is 9.67. The quantitative estimate of drug-likeness (QED) is 0.638. The van der Waals surface area contributed by atoms with Gasteiger partial charge in [0.05, 0.1) is 0 Å². The van der Waals surface area contributed by atoms with Crippen molar-refractivity contribution >= 4 is 0 Å². The third-order valence-corrected chi connectivity index (χ3v) is 20.0. The SMILES string of the molecule is C1C2C3CC4C5C6CC7C8CC9C%10C%11C%12C1C21C3C42C3C54C76C89C%104C%113C%1212. The fourth-order valence-corrected chi connectivity index (χ4v) is 23.7. The van der Waals surface area contributed by atoms with E-state index in [9.17, 15) is 0 Å². The van der Waals surface area contributed by atoms with Gasteiger partial charge < -0.3 is 0 Å². The highest BCUT2D eigenvalue weighted by Crippen LogP contribution is 3.41. The van der Waals surface area contributed by atoms with Crippen molar-refractivity contribution in [3.63, 3.8) is 0 Å². The van der Waals surface area contributed by atoms with Crippen molar-refractivity contribution in [2.24, 2.45) is 126 Å². The molecule has 16 rings (SSSR count). The van der Waals surface area contributed by atoms with Crippen LogP contribution in [0.25, 0.3) is 0 Å². The van der Waals surface area contributed by atoms with Gasteiger partial charge in [-0.25, -0.2) is 0 Å². The highest BCUT2D eigenvalue weighted by atomic mass is 15.4. The van der Waals surface area contributed by atoms with E-state index < -0.39 is 0 Å². The maximum atomic E-state index is 1.81. The second kappa shape index (κ2) is 1.63. The van der Waals surface area contributed by atoms with E-state index in [2.05, 4.69) is 0 Å². The summed E-state index contributed by atoms with van der Waals surface area (Å²) >= 11 is 0. The first-order valence-corrected chi connectivity index (χ1v) is 12.9. The van der Waals surface area contributed by atoms with Gasteiger partial charge in [0.25, 0.3) is 0 Å². The van der Waals surface area contributed by atoms with Crippen LogP contribution in [0.4, 0.5) is 0 Å². The van der Waals surface area contributed by atoms with E-state index in [1.54, 1.807) is 25.7 Å². The first-order valence-electron chi connectivity index (χ1n) is 12.9. The molecule has 0 saturated heterocycles. The zero-order valence-corrected chi connectivity index (χ0v) is 14.9. The number of hydrogen-bond acceptors (Lipinski definition) is 0. The molecule has 0 heteroatoms. The average molecular weight is 334 g/mol.